The lowest BCUT2D eigenvalue weighted by molar-refractivity contribution is 0.0245. The van der Waals surface area contributed by atoms with Crippen molar-refractivity contribution in [3.63, 3.8) is 0 Å². The van der Waals surface area contributed by atoms with E-state index in [1.165, 1.54) is 32.2 Å². The Hall–Kier alpha value is -1.35. The van der Waals surface area contributed by atoms with Crippen LogP contribution < -0.4 is 5.32 Å². The summed E-state index contributed by atoms with van der Waals surface area (Å²) >= 11 is 0. The summed E-state index contributed by atoms with van der Waals surface area (Å²) in [6.45, 7) is 5.49. The average Bonchev–Trinajstić information content (AvgIpc) is 2.48. The van der Waals surface area contributed by atoms with Crippen molar-refractivity contribution >= 4 is 5.91 Å². The molecule has 1 aromatic rings. The summed E-state index contributed by atoms with van der Waals surface area (Å²) in [5, 5.41) is 3.30. The molecule has 120 valence electrons. The maximum Gasteiger partial charge on any atom is 0.251 e. The maximum atomic E-state index is 12.5. The lowest BCUT2D eigenvalue weighted by Crippen LogP contribution is -2.57. The van der Waals surface area contributed by atoms with Gasteiger partial charge in [0.25, 0.3) is 5.91 Å². The summed E-state index contributed by atoms with van der Waals surface area (Å²) in [6.07, 6.45) is 7.42. The van der Waals surface area contributed by atoms with Crippen LogP contribution in [0.15, 0.2) is 24.3 Å². The number of carbonyl (C=O) groups is 1. The maximum absolute atomic E-state index is 12.5. The predicted octanol–water partition coefficient (Wildman–Crippen LogP) is 3.52. The number of nitrogens with one attached hydrogen (secondary N) is 1. The van der Waals surface area contributed by atoms with Gasteiger partial charge in [-0.15, -0.1) is 0 Å². The number of aryl methyl sites for hydroxylation is 1. The first-order chi connectivity index (χ1) is 10.7. The summed E-state index contributed by atoms with van der Waals surface area (Å²) in [6, 6.07) is 9.56. The van der Waals surface area contributed by atoms with Crippen LogP contribution in [0.5, 0.6) is 0 Å². The summed E-state index contributed by atoms with van der Waals surface area (Å²) in [7, 11) is 0. The molecule has 2 heterocycles. The Bertz CT molecular complexity index is 514. The highest BCUT2D eigenvalue weighted by atomic mass is 16.1. The monoisotopic (exact) mass is 300 g/mol. The van der Waals surface area contributed by atoms with E-state index in [4.69, 9.17) is 0 Å². The van der Waals surface area contributed by atoms with Gasteiger partial charge in [-0.25, -0.2) is 0 Å². The van der Waals surface area contributed by atoms with Gasteiger partial charge in [-0.05, 0) is 57.2 Å². The number of piperidine rings is 2. The number of carbonyl (C=O) groups excluding carboxylic acids is 1. The van der Waals surface area contributed by atoms with E-state index in [9.17, 15) is 4.79 Å². The molecule has 1 aromatic carbocycles. The van der Waals surface area contributed by atoms with Gasteiger partial charge < -0.3 is 5.32 Å². The van der Waals surface area contributed by atoms with Crippen LogP contribution in [0.1, 0.15) is 61.4 Å². The van der Waals surface area contributed by atoms with Crippen LogP contribution in [-0.4, -0.2) is 35.5 Å². The molecule has 0 spiro atoms. The van der Waals surface area contributed by atoms with Gasteiger partial charge in [0.1, 0.15) is 0 Å². The highest BCUT2D eigenvalue weighted by Gasteiger charge is 2.38. The molecule has 2 bridgehead atoms. The molecule has 1 amide bonds. The van der Waals surface area contributed by atoms with Crippen LogP contribution >= 0.6 is 0 Å². The van der Waals surface area contributed by atoms with E-state index < -0.39 is 0 Å². The molecular weight excluding hydrogens is 272 g/mol. The van der Waals surface area contributed by atoms with Gasteiger partial charge in [-0.2, -0.15) is 0 Å². The van der Waals surface area contributed by atoms with Crippen molar-refractivity contribution in [2.75, 3.05) is 6.54 Å². The van der Waals surface area contributed by atoms with E-state index in [2.05, 4.69) is 17.1 Å². The zero-order chi connectivity index (χ0) is 15.5. The number of amides is 1. The zero-order valence-electron chi connectivity index (χ0n) is 13.8. The minimum absolute atomic E-state index is 0.102. The molecule has 2 unspecified atom stereocenters. The first-order valence-electron chi connectivity index (χ1n) is 8.81. The third-order valence-corrected chi connectivity index (χ3v) is 5.33. The second-order valence-electron chi connectivity index (χ2n) is 6.93. The van der Waals surface area contributed by atoms with Crippen molar-refractivity contribution in [3.05, 3.63) is 35.4 Å². The fourth-order valence-electron chi connectivity index (χ4n) is 4.31. The third kappa shape index (κ3) is 3.19. The summed E-state index contributed by atoms with van der Waals surface area (Å²) in [5.74, 6) is 0.102. The number of nitrogens with zero attached hydrogens (tertiary/aromatic N) is 1. The minimum Gasteiger partial charge on any atom is -0.349 e. The van der Waals surface area contributed by atoms with Gasteiger partial charge in [0.2, 0.25) is 0 Å². The standard InChI is InChI=1S/C19H28N2O/c1-3-11-21-16-8-6-9-17(21)13-15(12-16)20-19(22)18-10-5-4-7-14(18)2/h4-5,7,10,15-17H,3,6,8-9,11-13H2,1-2H3,(H,20,22). The highest BCUT2D eigenvalue weighted by Crippen LogP contribution is 2.34. The van der Waals surface area contributed by atoms with Crippen LogP contribution in [0.25, 0.3) is 0 Å². The smallest absolute Gasteiger partial charge is 0.251 e. The van der Waals surface area contributed by atoms with Gasteiger partial charge in [0, 0.05) is 23.7 Å². The molecule has 3 rings (SSSR count). The summed E-state index contributed by atoms with van der Waals surface area (Å²) in [5.41, 5.74) is 1.88. The van der Waals surface area contributed by atoms with Crippen molar-refractivity contribution < 1.29 is 4.79 Å². The van der Waals surface area contributed by atoms with E-state index in [-0.39, 0.29) is 5.91 Å². The SMILES string of the molecule is CCCN1C2CCCC1CC(NC(=O)c1ccccc1C)C2. The van der Waals surface area contributed by atoms with Gasteiger partial charge >= 0.3 is 0 Å². The Morgan fingerprint density at radius 1 is 1.23 bits per heavy atom. The number of hydrogen-bond donors (Lipinski definition) is 1. The molecule has 2 atom stereocenters. The van der Waals surface area contributed by atoms with Crippen molar-refractivity contribution in [1.82, 2.24) is 10.2 Å². The number of benzene rings is 1. The zero-order valence-corrected chi connectivity index (χ0v) is 13.8. The van der Waals surface area contributed by atoms with E-state index >= 15 is 0 Å². The average molecular weight is 300 g/mol. The van der Waals surface area contributed by atoms with E-state index in [0.717, 1.165) is 24.0 Å². The van der Waals surface area contributed by atoms with Crippen molar-refractivity contribution in [1.29, 1.82) is 0 Å². The lowest BCUT2D eigenvalue weighted by Gasteiger charge is -2.49. The Balaban J connectivity index is 1.65. The predicted molar refractivity (Wildman–Crippen MR) is 90.1 cm³/mol. The van der Waals surface area contributed by atoms with Crippen LogP contribution in [-0.2, 0) is 0 Å². The molecule has 0 aromatic heterocycles. The topological polar surface area (TPSA) is 32.3 Å². The van der Waals surface area contributed by atoms with Crippen LogP contribution in [0, 0.1) is 6.92 Å². The van der Waals surface area contributed by atoms with E-state index in [1.54, 1.807) is 0 Å². The Morgan fingerprint density at radius 2 is 1.91 bits per heavy atom. The molecule has 3 heteroatoms. The Kier molecular flexibility index (Phi) is 4.82. The molecular formula is C19H28N2O. The second kappa shape index (κ2) is 6.82. The molecule has 2 aliphatic heterocycles. The largest absolute Gasteiger partial charge is 0.349 e. The number of fused-ring (bicyclic) bond motifs is 2. The first-order valence-corrected chi connectivity index (χ1v) is 8.81. The fraction of sp³-hybridized carbons (Fsp3) is 0.632. The molecule has 1 N–H and O–H groups in total. The van der Waals surface area contributed by atoms with Crippen molar-refractivity contribution in [2.24, 2.45) is 0 Å². The van der Waals surface area contributed by atoms with Gasteiger partial charge in [0.05, 0.1) is 0 Å². The normalized spacial score (nSPS) is 28.4. The molecule has 0 aliphatic carbocycles. The Labute approximate surface area is 134 Å². The molecule has 2 aliphatic rings. The molecule has 2 saturated heterocycles. The van der Waals surface area contributed by atoms with E-state index in [0.29, 0.717) is 18.1 Å². The van der Waals surface area contributed by atoms with Gasteiger partial charge in [-0.3, -0.25) is 9.69 Å². The lowest BCUT2D eigenvalue weighted by atomic mass is 9.81. The highest BCUT2D eigenvalue weighted by molar-refractivity contribution is 5.95. The van der Waals surface area contributed by atoms with Crippen LogP contribution in [0.3, 0.4) is 0 Å². The third-order valence-electron chi connectivity index (χ3n) is 5.33. The molecule has 3 nitrogen and oxygen atoms in total. The molecule has 0 saturated carbocycles. The van der Waals surface area contributed by atoms with Gasteiger partial charge in [-0.1, -0.05) is 31.5 Å². The number of hydrogen-bond acceptors (Lipinski definition) is 2. The molecule has 2 fully saturated rings. The quantitative estimate of drug-likeness (QED) is 0.922. The Morgan fingerprint density at radius 3 is 2.55 bits per heavy atom. The van der Waals surface area contributed by atoms with Gasteiger partial charge in [0.15, 0.2) is 0 Å². The second-order valence-corrected chi connectivity index (χ2v) is 6.93. The molecule has 22 heavy (non-hydrogen) atoms. The molecule has 0 radical (unpaired) electrons. The van der Waals surface area contributed by atoms with Crippen molar-refractivity contribution in [2.45, 2.75) is 70.5 Å². The summed E-state index contributed by atoms with van der Waals surface area (Å²) in [4.78, 5) is 15.2. The van der Waals surface area contributed by atoms with Crippen LogP contribution in [0.4, 0.5) is 0 Å². The van der Waals surface area contributed by atoms with E-state index in [1.807, 2.05) is 31.2 Å². The van der Waals surface area contributed by atoms with Crippen LogP contribution in [0.2, 0.25) is 0 Å². The number of rotatable bonds is 4. The first kappa shape index (κ1) is 15.5. The fourth-order valence-corrected chi connectivity index (χ4v) is 4.31. The van der Waals surface area contributed by atoms with Crippen molar-refractivity contribution in [3.8, 4) is 0 Å². The summed E-state index contributed by atoms with van der Waals surface area (Å²) < 4.78 is 0. The minimum atomic E-state index is 0.102.